The quantitative estimate of drug-likeness (QED) is 0.0644. The molecule has 0 bridgehead atoms. The standard InChI is InChI=1S/C69H90O42/c1-28(70)86-23-45-50(92-33(6)75)55(97-38(11)80)60(65(103-45)91-22-44-20-18-17-19-21-44)111-69-64(102-43(16)85)59(54(96-37(10)79)49(107-69)27-90-32(5)74)110-68-63(101-42(15)84)58(53(95-36(9)78)48(106-68)26-89-31(4)73)109-67-62(100-41(14)83)57(52(94-35(8)77)47(105-67)25-88-30(3)72)108-66-61(99-40(13)82)56(98-39(12)81)51(93-34(7)76)46(104-66)24-87-29(2)71/h17-21,45-69H,22-27H2,1-16H3/t45-,46-,47-,48-,49-,50-,51-,52-,53-,54-,55+,56+,57+,58+,59+,60+,61+,62+,63+,64+,65+,66-,67-,68-,69-/m1/s1. The van der Waals surface area contributed by atoms with Crippen LogP contribution in [0.5, 0.6) is 0 Å². The van der Waals surface area contributed by atoms with E-state index in [4.69, 9.17) is 123 Å². The first-order valence-electron chi connectivity index (χ1n) is 34.3. The van der Waals surface area contributed by atoms with E-state index in [0.29, 0.717) is 5.56 Å². The minimum Gasteiger partial charge on any atom is -0.463 e. The molecule has 6 rings (SSSR count). The fourth-order valence-corrected chi connectivity index (χ4v) is 12.2. The van der Waals surface area contributed by atoms with Crippen LogP contribution in [0.1, 0.15) is 116 Å². The molecule has 5 aliphatic rings. The summed E-state index contributed by atoms with van der Waals surface area (Å²) in [5.74, 6) is -17.4. The Morgan fingerprint density at radius 2 is 0.414 bits per heavy atom. The van der Waals surface area contributed by atoms with Gasteiger partial charge in [0.05, 0.1) is 6.61 Å². The molecule has 5 aliphatic heterocycles. The van der Waals surface area contributed by atoms with E-state index in [1.54, 1.807) is 30.3 Å². The maximum atomic E-state index is 13.9. The first-order valence-corrected chi connectivity index (χ1v) is 34.3. The van der Waals surface area contributed by atoms with Crippen LogP contribution < -0.4 is 0 Å². The van der Waals surface area contributed by atoms with Gasteiger partial charge in [0.25, 0.3) is 0 Å². The summed E-state index contributed by atoms with van der Waals surface area (Å²) in [6, 6.07) is 8.29. The van der Waals surface area contributed by atoms with Gasteiger partial charge in [-0.25, -0.2) is 0 Å². The van der Waals surface area contributed by atoms with Gasteiger partial charge in [0.15, 0.2) is 105 Å². The zero-order chi connectivity index (χ0) is 82.4. The highest BCUT2D eigenvalue weighted by molar-refractivity contribution is 5.72. The zero-order valence-electron chi connectivity index (χ0n) is 63.2. The van der Waals surface area contributed by atoms with Gasteiger partial charge in [-0.2, -0.15) is 0 Å². The van der Waals surface area contributed by atoms with Crippen molar-refractivity contribution in [1.82, 2.24) is 0 Å². The molecule has 0 spiro atoms. The van der Waals surface area contributed by atoms with E-state index in [9.17, 15) is 76.7 Å². The summed E-state index contributed by atoms with van der Waals surface area (Å²) in [7, 11) is 0. The number of rotatable bonds is 32. The monoisotopic (exact) mass is 1590 g/mol. The Bertz CT molecular complexity index is 3470. The van der Waals surface area contributed by atoms with Crippen LogP contribution in [0, 0.1) is 0 Å². The number of hydrogen-bond acceptors (Lipinski definition) is 42. The lowest BCUT2D eigenvalue weighted by molar-refractivity contribution is -0.398. The highest BCUT2D eigenvalue weighted by atomic mass is 16.8. The summed E-state index contributed by atoms with van der Waals surface area (Å²) in [5, 5.41) is 0. The van der Waals surface area contributed by atoms with E-state index in [1.807, 2.05) is 0 Å². The number of benzene rings is 1. The molecule has 0 radical (unpaired) electrons. The molecule has 111 heavy (non-hydrogen) atoms. The highest BCUT2D eigenvalue weighted by Crippen LogP contribution is 2.42. The van der Waals surface area contributed by atoms with Crippen LogP contribution in [0.2, 0.25) is 0 Å². The average molecular weight is 1590 g/mol. The van der Waals surface area contributed by atoms with Gasteiger partial charge in [-0.1, -0.05) is 30.3 Å². The van der Waals surface area contributed by atoms with Gasteiger partial charge < -0.3 is 123 Å². The van der Waals surface area contributed by atoms with Crippen LogP contribution in [0.4, 0.5) is 0 Å². The largest absolute Gasteiger partial charge is 0.463 e. The van der Waals surface area contributed by atoms with Gasteiger partial charge in [0, 0.05) is 111 Å². The van der Waals surface area contributed by atoms with Crippen molar-refractivity contribution in [3.63, 3.8) is 0 Å². The van der Waals surface area contributed by atoms with E-state index in [-0.39, 0.29) is 6.61 Å². The fourth-order valence-electron chi connectivity index (χ4n) is 12.2. The average Bonchev–Trinajstić information content (AvgIpc) is 0.757. The lowest BCUT2D eigenvalue weighted by Crippen LogP contribution is -2.70. The van der Waals surface area contributed by atoms with Gasteiger partial charge in [-0.05, 0) is 5.56 Å². The third kappa shape index (κ3) is 27.4. The van der Waals surface area contributed by atoms with E-state index < -0.39 is 282 Å². The molecular formula is C69H90O42. The highest BCUT2D eigenvalue weighted by Gasteiger charge is 2.63. The molecule has 5 saturated heterocycles. The van der Waals surface area contributed by atoms with Gasteiger partial charge in [0.2, 0.25) is 0 Å². The predicted octanol–water partition coefficient (Wildman–Crippen LogP) is -0.567. The van der Waals surface area contributed by atoms with Crippen LogP contribution in [-0.4, -0.2) is 282 Å². The van der Waals surface area contributed by atoms with E-state index in [1.165, 1.54) is 0 Å². The van der Waals surface area contributed by atoms with Crippen LogP contribution in [0.25, 0.3) is 0 Å². The summed E-state index contributed by atoms with van der Waals surface area (Å²) in [4.78, 5) is 211. The summed E-state index contributed by atoms with van der Waals surface area (Å²) in [6.07, 6.45) is -52.0. The second kappa shape index (κ2) is 42.1. The molecule has 42 nitrogen and oxygen atoms in total. The number of hydrogen-bond donors (Lipinski definition) is 0. The third-order valence-electron chi connectivity index (χ3n) is 16.0. The molecule has 618 valence electrons. The molecule has 25 atom stereocenters. The Kier molecular flexibility index (Phi) is 34.2. The molecule has 0 unspecified atom stereocenters. The Hall–Kier alpha value is -9.66. The summed E-state index contributed by atoms with van der Waals surface area (Å²) in [5.41, 5.74) is 0.495. The lowest BCUT2D eigenvalue weighted by Gasteiger charge is -2.51. The third-order valence-corrected chi connectivity index (χ3v) is 16.0. The summed E-state index contributed by atoms with van der Waals surface area (Å²) >= 11 is 0. The molecule has 1 aromatic carbocycles. The van der Waals surface area contributed by atoms with Crippen molar-refractivity contribution >= 4 is 95.5 Å². The first-order chi connectivity index (χ1) is 52.2. The van der Waals surface area contributed by atoms with E-state index in [2.05, 4.69) is 0 Å². The SMILES string of the molecule is CC(=O)OC[C@H]1O[C@H](O[C@@H]2[C@H](OC(C)=O)[C@@H](O[C@@H]3[C@H](OC(C)=O)[C@@H](O[C@@H]4[C@H](OC(C)=O)[C@@H](O[C@@H]5[C@@H](OCc6ccccc6)O[C@H](COC(C)=O)[C@@H](OC(C)=O)[C@@H]5OC(C)=O)O[C@H](COC(C)=O)[C@H]4OC(C)=O)O[C@H](COC(C)=O)[C@H]3OC(C)=O)O[C@H](COC(C)=O)[C@H]2OC(C)=O)[C@@H](OC(C)=O)[C@@H](OC(C)=O)[C@@H]1OC(C)=O. The second-order valence-electron chi connectivity index (χ2n) is 25.2. The van der Waals surface area contributed by atoms with Crippen molar-refractivity contribution in [2.24, 2.45) is 0 Å². The molecule has 0 aliphatic carbocycles. The molecule has 42 heteroatoms. The lowest BCUT2D eigenvalue weighted by atomic mass is 9.94. The Morgan fingerprint density at radius 3 is 0.649 bits per heavy atom. The fraction of sp³-hybridized carbons (Fsp3) is 0.681. The Balaban J connectivity index is 1.64. The molecule has 0 amide bonds. The molecule has 0 N–H and O–H groups in total. The van der Waals surface area contributed by atoms with Gasteiger partial charge in [-0.3, -0.25) is 76.7 Å². The maximum absolute atomic E-state index is 13.9. The van der Waals surface area contributed by atoms with Crippen LogP contribution in [-0.2, 0) is 206 Å². The molecule has 0 saturated carbocycles. The van der Waals surface area contributed by atoms with Crippen LogP contribution in [0.3, 0.4) is 0 Å². The number of carbonyl (C=O) groups excluding carboxylic acids is 16. The first kappa shape index (κ1) is 90.2. The molecule has 1 aromatic rings. The molecule has 0 aromatic heterocycles. The van der Waals surface area contributed by atoms with Crippen molar-refractivity contribution in [1.29, 1.82) is 0 Å². The summed E-state index contributed by atoms with van der Waals surface area (Å²) in [6.45, 7) is 9.96. The van der Waals surface area contributed by atoms with Crippen molar-refractivity contribution in [3.05, 3.63) is 35.9 Å². The topological polar surface area (TPSA) is 513 Å². The minimum atomic E-state index is -2.45. The molecular weight excluding hydrogens is 1500 g/mol. The Labute approximate surface area is 633 Å². The van der Waals surface area contributed by atoms with Crippen molar-refractivity contribution in [3.8, 4) is 0 Å². The molecule has 5 fully saturated rings. The van der Waals surface area contributed by atoms with Crippen LogP contribution in [0.15, 0.2) is 30.3 Å². The van der Waals surface area contributed by atoms with E-state index >= 15 is 0 Å². The normalized spacial score (nSPS) is 31.6. The minimum absolute atomic E-state index is 0.337. The molecule has 5 heterocycles. The zero-order valence-corrected chi connectivity index (χ0v) is 63.2. The second-order valence-corrected chi connectivity index (χ2v) is 25.2. The maximum Gasteiger partial charge on any atom is 0.303 e. The number of carbonyl (C=O) groups is 16. The predicted molar refractivity (Wildman–Crippen MR) is 348 cm³/mol. The number of esters is 16. The van der Waals surface area contributed by atoms with Gasteiger partial charge in [0.1, 0.15) is 81.9 Å². The summed E-state index contributed by atoms with van der Waals surface area (Å²) < 4.78 is 156. The van der Waals surface area contributed by atoms with Crippen LogP contribution >= 0.6 is 0 Å². The smallest absolute Gasteiger partial charge is 0.303 e. The number of ether oxygens (including phenoxy) is 26. The van der Waals surface area contributed by atoms with Gasteiger partial charge in [-0.15, -0.1) is 0 Å². The van der Waals surface area contributed by atoms with Crippen molar-refractivity contribution in [2.75, 3.05) is 33.0 Å². The van der Waals surface area contributed by atoms with Crippen molar-refractivity contribution < 1.29 is 200 Å². The Morgan fingerprint density at radius 1 is 0.225 bits per heavy atom. The van der Waals surface area contributed by atoms with E-state index in [0.717, 1.165) is 111 Å². The van der Waals surface area contributed by atoms with Gasteiger partial charge >= 0.3 is 95.5 Å². The van der Waals surface area contributed by atoms with Crippen molar-refractivity contribution in [2.45, 2.75) is 271 Å².